The molecule has 0 fully saturated rings. The maximum absolute atomic E-state index is 8.23. The molecule has 0 aliphatic rings. The number of rotatable bonds is 1. The fourth-order valence-corrected chi connectivity index (χ4v) is 0.291. The van der Waals surface area contributed by atoms with Crippen LogP contribution in [0.15, 0.2) is 16.3 Å². The zero-order valence-corrected chi connectivity index (χ0v) is 7.76. The molecular formula is C9H13N3. The maximum Gasteiger partial charge on any atom is 0.153 e. The molecule has 12 heavy (non-hydrogen) atoms. The molecule has 0 aliphatic heterocycles. The molecule has 0 amide bonds. The van der Waals surface area contributed by atoms with Gasteiger partial charge in [-0.1, -0.05) is 20.3 Å². The minimum Gasteiger partial charge on any atom is -0.252 e. The quantitative estimate of drug-likeness (QED) is 0.440. The Labute approximate surface area is 73.7 Å². The molecule has 0 saturated heterocycles. The number of nitriles is 2. The highest BCUT2D eigenvalue weighted by Crippen LogP contribution is 2.00. The Bertz CT molecular complexity index is 237. The lowest BCUT2D eigenvalue weighted by molar-refractivity contribution is 1.09. The van der Waals surface area contributed by atoms with Gasteiger partial charge in [0.25, 0.3) is 0 Å². The predicted octanol–water partition coefficient (Wildman–Crippen LogP) is 2.42. The van der Waals surface area contributed by atoms with Gasteiger partial charge in [0.05, 0.1) is 11.6 Å². The van der Waals surface area contributed by atoms with Gasteiger partial charge in [0.2, 0.25) is 0 Å². The van der Waals surface area contributed by atoms with Crippen molar-refractivity contribution in [2.45, 2.75) is 27.2 Å². The minimum absolute atomic E-state index is 0.0949. The van der Waals surface area contributed by atoms with Crippen LogP contribution in [-0.4, -0.2) is 6.72 Å². The van der Waals surface area contributed by atoms with E-state index in [1.807, 2.05) is 0 Å². The fraction of sp³-hybridized carbons (Fsp3) is 0.444. The molecule has 3 heteroatoms. The lowest BCUT2D eigenvalue weighted by atomic mass is 10.3. The van der Waals surface area contributed by atoms with Crippen LogP contribution in [0, 0.1) is 22.7 Å². The molecule has 0 heterocycles. The number of hydrogen-bond acceptors (Lipinski definition) is 3. The van der Waals surface area contributed by atoms with Crippen molar-refractivity contribution < 1.29 is 0 Å². The summed E-state index contributed by atoms with van der Waals surface area (Å²) in [6, 6.07) is 3.52. The molecule has 0 bridgehead atoms. The first kappa shape index (κ1) is 13.0. The van der Waals surface area contributed by atoms with Crippen molar-refractivity contribution in [2.75, 3.05) is 0 Å². The second-order valence-corrected chi connectivity index (χ2v) is 2.06. The summed E-state index contributed by atoms with van der Waals surface area (Å²) in [5.74, 6) is 0. The number of nitrogens with zero attached hydrogens (tertiary/aromatic N) is 3. The third-order valence-electron chi connectivity index (χ3n) is 0.787. The van der Waals surface area contributed by atoms with Gasteiger partial charge in [-0.15, -0.1) is 0 Å². The second kappa shape index (κ2) is 9.39. The van der Waals surface area contributed by atoms with Gasteiger partial charge in [-0.3, -0.25) is 4.99 Å². The third-order valence-corrected chi connectivity index (χ3v) is 0.787. The molecule has 0 saturated carbocycles. The summed E-state index contributed by atoms with van der Waals surface area (Å²) in [6.45, 7) is 8.89. The van der Waals surface area contributed by atoms with E-state index in [1.165, 1.54) is 13.3 Å². The maximum atomic E-state index is 8.23. The smallest absolute Gasteiger partial charge is 0.153 e. The summed E-state index contributed by atoms with van der Waals surface area (Å²) in [4.78, 5) is 3.32. The van der Waals surface area contributed by atoms with Crippen LogP contribution in [0.3, 0.4) is 0 Å². The standard InChI is InChI=1S/C6H5N3.C3H8/c1-5(3-7)6(4-8)9-2;1-3-2/h2H2,1H3;3H2,1-2H3/b6-5+;. The van der Waals surface area contributed by atoms with E-state index in [0.717, 1.165) is 0 Å². The summed E-state index contributed by atoms with van der Waals surface area (Å²) >= 11 is 0. The number of aliphatic imine (C=N–C) groups is 1. The second-order valence-electron chi connectivity index (χ2n) is 2.06. The highest BCUT2D eigenvalue weighted by Gasteiger charge is 1.94. The SMILES string of the molecule is C=N/C(C#N)=C(\C)C#N.CCC. The van der Waals surface area contributed by atoms with Crippen molar-refractivity contribution in [1.82, 2.24) is 0 Å². The van der Waals surface area contributed by atoms with E-state index in [2.05, 4.69) is 25.6 Å². The molecule has 0 unspecified atom stereocenters. The Balaban J connectivity index is 0. The Hall–Kier alpha value is -1.61. The average Bonchev–Trinajstić information content (AvgIpc) is 2.08. The fourth-order valence-electron chi connectivity index (χ4n) is 0.291. The minimum atomic E-state index is 0.0949. The molecule has 0 radical (unpaired) electrons. The van der Waals surface area contributed by atoms with Crippen LogP contribution in [0.1, 0.15) is 27.2 Å². The van der Waals surface area contributed by atoms with Crippen molar-refractivity contribution in [3.8, 4) is 12.1 Å². The highest BCUT2D eigenvalue weighted by atomic mass is 14.7. The molecule has 0 aliphatic carbocycles. The number of allylic oxidation sites excluding steroid dienone is 2. The van der Waals surface area contributed by atoms with Crippen molar-refractivity contribution >= 4 is 6.72 Å². The third kappa shape index (κ3) is 6.51. The molecule has 3 nitrogen and oxygen atoms in total. The van der Waals surface area contributed by atoms with Crippen molar-refractivity contribution in [2.24, 2.45) is 4.99 Å². The summed E-state index contributed by atoms with van der Waals surface area (Å²) in [7, 11) is 0. The van der Waals surface area contributed by atoms with Crippen molar-refractivity contribution in [1.29, 1.82) is 10.5 Å². The summed E-state index contributed by atoms with van der Waals surface area (Å²) in [6.07, 6.45) is 1.25. The van der Waals surface area contributed by atoms with E-state index in [0.29, 0.717) is 5.57 Å². The number of hydrogen-bond donors (Lipinski definition) is 0. The van der Waals surface area contributed by atoms with Gasteiger partial charge in [0.1, 0.15) is 6.07 Å². The lowest BCUT2D eigenvalue weighted by Gasteiger charge is -1.83. The van der Waals surface area contributed by atoms with Gasteiger partial charge in [-0.2, -0.15) is 10.5 Å². The van der Waals surface area contributed by atoms with E-state index in [9.17, 15) is 0 Å². The van der Waals surface area contributed by atoms with Crippen LogP contribution in [0.5, 0.6) is 0 Å². The monoisotopic (exact) mass is 163 g/mol. The highest BCUT2D eigenvalue weighted by molar-refractivity contribution is 5.40. The first-order valence-corrected chi connectivity index (χ1v) is 3.65. The van der Waals surface area contributed by atoms with Gasteiger partial charge in [-0.05, 0) is 13.6 Å². The molecule has 0 aromatic carbocycles. The Kier molecular flexibility index (Phi) is 10.2. The Morgan fingerprint density at radius 1 is 1.33 bits per heavy atom. The van der Waals surface area contributed by atoms with Crippen LogP contribution in [0.2, 0.25) is 0 Å². The summed E-state index contributed by atoms with van der Waals surface area (Å²) in [5, 5.41) is 16.5. The molecule has 0 spiro atoms. The topological polar surface area (TPSA) is 59.9 Å². The van der Waals surface area contributed by atoms with E-state index >= 15 is 0 Å². The van der Waals surface area contributed by atoms with Crippen LogP contribution in [-0.2, 0) is 0 Å². The Morgan fingerprint density at radius 2 is 1.75 bits per heavy atom. The summed E-state index contributed by atoms with van der Waals surface area (Å²) < 4.78 is 0. The van der Waals surface area contributed by atoms with E-state index in [4.69, 9.17) is 10.5 Å². The molecule has 0 aromatic rings. The first-order chi connectivity index (χ1) is 5.67. The molecule has 0 N–H and O–H groups in total. The van der Waals surface area contributed by atoms with Gasteiger partial charge >= 0.3 is 0 Å². The zero-order valence-electron chi connectivity index (χ0n) is 7.76. The zero-order chi connectivity index (χ0) is 9.98. The van der Waals surface area contributed by atoms with Gasteiger partial charge in [0, 0.05) is 0 Å². The Morgan fingerprint density at radius 3 is 1.83 bits per heavy atom. The lowest BCUT2D eigenvalue weighted by Crippen LogP contribution is -1.76. The van der Waals surface area contributed by atoms with E-state index in [-0.39, 0.29) is 5.70 Å². The predicted molar refractivity (Wildman–Crippen MR) is 49.4 cm³/mol. The van der Waals surface area contributed by atoms with Crippen LogP contribution < -0.4 is 0 Å². The molecule has 0 atom stereocenters. The molecular weight excluding hydrogens is 150 g/mol. The molecule has 0 aromatic heterocycles. The van der Waals surface area contributed by atoms with E-state index in [1.54, 1.807) is 12.1 Å². The first-order valence-electron chi connectivity index (χ1n) is 3.65. The largest absolute Gasteiger partial charge is 0.252 e. The van der Waals surface area contributed by atoms with Crippen molar-refractivity contribution in [3.05, 3.63) is 11.3 Å². The molecule has 64 valence electrons. The average molecular weight is 163 g/mol. The molecule has 0 rings (SSSR count). The van der Waals surface area contributed by atoms with Gasteiger partial charge < -0.3 is 0 Å². The van der Waals surface area contributed by atoms with Crippen LogP contribution in [0.4, 0.5) is 0 Å². The van der Waals surface area contributed by atoms with Gasteiger partial charge in [-0.25, -0.2) is 0 Å². The normalized spacial score (nSPS) is 9.42. The summed E-state index contributed by atoms with van der Waals surface area (Å²) in [5.41, 5.74) is 0.394. The van der Waals surface area contributed by atoms with Gasteiger partial charge in [0.15, 0.2) is 5.70 Å². The van der Waals surface area contributed by atoms with E-state index < -0.39 is 0 Å². The van der Waals surface area contributed by atoms with Crippen molar-refractivity contribution in [3.63, 3.8) is 0 Å². The van der Waals surface area contributed by atoms with Crippen LogP contribution in [0.25, 0.3) is 0 Å². The van der Waals surface area contributed by atoms with Crippen LogP contribution >= 0.6 is 0 Å².